The molecule has 7 heteroatoms. The Morgan fingerprint density at radius 3 is 2.64 bits per heavy atom. The van der Waals surface area contributed by atoms with Crippen LogP contribution in [-0.4, -0.2) is 22.6 Å². The molecule has 28 heavy (non-hydrogen) atoms. The van der Waals surface area contributed by atoms with Crippen molar-refractivity contribution in [1.82, 2.24) is 9.55 Å². The summed E-state index contributed by atoms with van der Waals surface area (Å²) in [4.78, 5) is 17.2. The summed E-state index contributed by atoms with van der Waals surface area (Å²) in [6, 6.07) is 7.49. The molecule has 1 fully saturated rings. The average molecular weight is 389 g/mol. The van der Waals surface area contributed by atoms with E-state index in [4.69, 9.17) is 0 Å². The van der Waals surface area contributed by atoms with Crippen LogP contribution in [0.1, 0.15) is 24.0 Å². The summed E-state index contributed by atoms with van der Waals surface area (Å²) in [6.45, 7) is 1.46. The van der Waals surface area contributed by atoms with E-state index < -0.39 is 11.7 Å². The number of hydrogen-bond acceptors (Lipinski definition) is 2. The quantitative estimate of drug-likeness (QED) is 0.724. The molecule has 3 heterocycles. The van der Waals surface area contributed by atoms with Gasteiger partial charge < -0.3 is 14.5 Å². The van der Waals surface area contributed by atoms with Crippen LogP contribution in [0.25, 0.3) is 10.9 Å². The number of aryl methyl sites for hydroxylation is 1. The zero-order valence-corrected chi connectivity index (χ0v) is 15.6. The van der Waals surface area contributed by atoms with Crippen LogP contribution in [0.4, 0.5) is 18.9 Å². The summed E-state index contributed by atoms with van der Waals surface area (Å²) >= 11 is 0. The lowest BCUT2D eigenvalue weighted by atomic mass is 9.89. The summed E-state index contributed by atoms with van der Waals surface area (Å²) in [5.41, 5.74) is 1.75. The second-order valence-corrected chi connectivity index (χ2v) is 7.52. The first-order valence-electron chi connectivity index (χ1n) is 9.41. The highest BCUT2D eigenvalue weighted by Gasteiger charge is 2.31. The number of aromatic nitrogens is 2. The maximum atomic E-state index is 13.0. The van der Waals surface area contributed by atoms with Gasteiger partial charge in [-0.1, -0.05) is 6.07 Å². The van der Waals surface area contributed by atoms with Crippen molar-refractivity contribution in [2.24, 2.45) is 13.0 Å². The standard InChI is InChI=1S/C21H22F3N3O/c1-26-13-15(18-5-8-25-19(18)20(26)28)11-14-6-9-27(10-7-14)17-4-2-3-16(12-17)21(22,23)24/h2-5,8,12-14,25H,6-7,9-11H2,1H3. The molecule has 0 unspecified atom stereocenters. The Kier molecular flexibility index (Phi) is 4.69. The molecule has 0 spiro atoms. The van der Waals surface area contributed by atoms with Gasteiger partial charge in [0.2, 0.25) is 0 Å². The first kappa shape index (κ1) is 18.7. The first-order valence-corrected chi connectivity index (χ1v) is 9.41. The van der Waals surface area contributed by atoms with Crippen molar-refractivity contribution >= 4 is 16.6 Å². The SMILES string of the molecule is Cn1cc(CC2CCN(c3cccc(C(F)(F)F)c3)CC2)c2cc[nH]c2c1=O. The van der Waals surface area contributed by atoms with Crippen molar-refractivity contribution in [3.63, 3.8) is 0 Å². The molecule has 1 aromatic carbocycles. The maximum Gasteiger partial charge on any atom is 0.416 e. The number of anilines is 1. The zero-order valence-electron chi connectivity index (χ0n) is 15.6. The Morgan fingerprint density at radius 2 is 1.93 bits per heavy atom. The van der Waals surface area contributed by atoms with Gasteiger partial charge in [-0.2, -0.15) is 13.2 Å². The molecule has 0 aliphatic carbocycles. The molecule has 0 atom stereocenters. The number of benzene rings is 1. The largest absolute Gasteiger partial charge is 0.416 e. The maximum absolute atomic E-state index is 13.0. The van der Waals surface area contributed by atoms with Crippen LogP contribution < -0.4 is 10.5 Å². The van der Waals surface area contributed by atoms with E-state index in [2.05, 4.69) is 4.98 Å². The lowest BCUT2D eigenvalue weighted by molar-refractivity contribution is -0.137. The molecule has 0 bridgehead atoms. The average Bonchev–Trinajstić information content (AvgIpc) is 3.16. The van der Waals surface area contributed by atoms with E-state index in [1.54, 1.807) is 23.9 Å². The fourth-order valence-corrected chi connectivity index (χ4v) is 4.10. The number of rotatable bonds is 3. The summed E-state index contributed by atoms with van der Waals surface area (Å²) in [7, 11) is 1.75. The number of aromatic amines is 1. The molecule has 4 rings (SSSR count). The number of piperidine rings is 1. The third-order valence-electron chi connectivity index (χ3n) is 5.64. The zero-order chi connectivity index (χ0) is 19.9. The molecule has 4 nitrogen and oxygen atoms in total. The Labute approximate surface area is 160 Å². The van der Waals surface area contributed by atoms with Crippen LogP contribution in [0.3, 0.4) is 0 Å². The number of pyridine rings is 1. The minimum Gasteiger partial charge on any atom is -0.372 e. The van der Waals surface area contributed by atoms with Crippen LogP contribution in [0.5, 0.6) is 0 Å². The van der Waals surface area contributed by atoms with Crippen molar-refractivity contribution < 1.29 is 13.2 Å². The van der Waals surface area contributed by atoms with Crippen LogP contribution in [0, 0.1) is 5.92 Å². The van der Waals surface area contributed by atoms with Gasteiger partial charge in [-0.15, -0.1) is 0 Å². The summed E-state index contributed by atoms with van der Waals surface area (Å²) in [6.07, 6.45) is 2.04. The van der Waals surface area contributed by atoms with Crippen molar-refractivity contribution in [3.05, 3.63) is 64.2 Å². The predicted molar refractivity (Wildman–Crippen MR) is 104 cm³/mol. The third-order valence-corrected chi connectivity index (χ3v) is 5.64. The van der Waals surface area contributed by atoms with Crippen LogP contribution >= 0.6 is 0 Å². The molecule has 3 aromatic rings. The number of fused-ring (bicyclic) bond motifs is 1. The van der Waals surface area contributed by atoms with E-state index in [1.165, 1.54) is 12.1 Å². The number of nitrogens with zero attached hydrogens (tertiary/aromatic N) is 2. The van der Waals surface area contributed by atoms with E-state index in [1.807, 2.05) is 17.2 Å². The Hall–Kier alpha value is -2.70. The molecule has 1 N–H and O–H groups in total. The highest BCUT2D eigenvalue weighted by atomic mass is 19.4. The van der Waals surface area contributed by atoms with Crippen LogP contribution in [-0.2, 0) is 19.6 Å². The normalized spacial score (nSPS) is 16.1. The minimum atomic E-state index is -4.32. The van der Waals surface area contributed by atoms with Crippen molar-refractivity contribution in [2.75, 3.05) is 18.0 Å². The van der Waals surface area contributed by atoms with Crippen LogP contribution in [0.15, 0.2) is 47.5 Å². The Bertz CT molecular complexity index is 1040. The fourth-order valence-electron chi connectivity index (χ4n) is 4.10. The van der Waals surface area contributed by atoms with Gasteiger partial charge in [-0.05, 0) is 55.0 Å². The summed E-state index contributed by atoms with van der Waals surface area (Å²) in [5, 5.41) is 0.961. The monoisotopic (exact) mass is 389 g/mol. The molecule has 1 saturated heterocycles. The Balaban J connectivity index is 1.46. The van der Waals surface area contributed by atoms with Gasteiger partial charge >= 0.3 is 6.18 Å². The lowest BCUT2D eigenvalue weighted by Crippen LogP contribution is -2.34. The molecule has 1 aliphatic heterocycles. The highest BCUT2D eigenvalue weighted by molar-refractivity contribution is 5.81. The number of nitrogens with one attached hydrogen (secondary N) is 1. The number of H-pyrrole nitrogens is 1. The van der Waals surface area contributed by atoms with Crippen LogP contribution in [0.2, 0.25) is 0 Å². The summed E-state index contributed by atoms with van der Waals surface area (Å²) < 4.78 is 40.5. The first-order chi connectivity index (χ1) is 13.3. The second kappa shape index (κ2) is 7.04. The van der Waals surface area contributed by atoms with Gasteiger partial charge in [-0.25, -0.2) is 0 Å². The predicted octanol–water partition coefficient (Wildman–Crippen LogP) is 4.34. The van der Waals surface area contributed by atoms with Gasteiger partial charge in [0, 0.05) is 43.6 Å². The van der Waals surface area contributed by atoms with E-state index in [0.717, 1.165) is 49.4 Å². The van der Waals surface area contributed by atoms with E-state index in [0.29, 0.717) is 17.1 Å². The molecular weight excluding hydrogens is 367 g/mol. The molecule has 0 radical (unpaired) electrons. The van der Waals surface area contributed by atoms with E-state index in [-0.39, 0.29) is 5.56 Å². The van der Waals surface area contributed by atoms with E-state index >= 15 is 0 Å². The third kappa shape index (κ3) is 3.53. The Morgan fingerprint density at radius 1 is 1.18 bits per heavy atom. The van der Waals surface area contributed by atoms with Gasteiger partial charge in [0.25, 0.3) is 5.56 Å². The second-order valence-electron chi connectivity index (χ2n) is 7.52. The molecule has 0 amide bonds. The highest BCUT2D eigenvalue weighted by Crippen LogP contribution is 2.33. The molecule has 0 saturated carbocycles. The molecule has 148 valence electrons. The van der Waals surface area contributed by atoms with Crippen molar-refractivity contribution in [3.8, 4) is 0 Å². The van der Waals surface area contributed by atoms with Gasteiger partial charge in [-0.3, -0.25) is 4.79 Å². The molecular formula is C21H22F3N3O. The fraction of sp³-hybridized carbons (Fsp3) is 0.381. The van der Waals surface area contributed by atoms with Gasteiger partial charge in [0.05, 0.1) is 5.56 Å². The van der Waals surface area contributed by atoms with E-state index in [9.17, 15) is 18.0 Å². The summed E-state index contributed by atoms with van der Waals surface area (Å²) in [5.74, 6) is 0.442. The number of alkyl halides is 3. The van der Waals surface area contributed by atoms with Crippen molar-refractivity contribution in [1.29, 1.82) is 0 Å². The topological polar surface area (TPSA) is 41.0 Å². The number of halogens is 3. The molecule has 1 aliphatic rings. The number of hydrogen-bond donors (Lipinski definition) is 1. The minimum absolute atomic E-state index is 0.0388. The molecule has 2 aromatic heterocycles. The van der Waals surface area contributed by atoms with Gasteiger partial charge in [0.1, 0.15) is 5.52 Å². The lowest BCUT2D eigenvalue weighted by Gasteiger charge is -2.34. The van der Waals surface area contributed by atoms with Crippen molar-refractivity contribution in [2.45, 2.75) is 25.4 Å². The van der Waals surface area contributed by atoms with Gasteiger partial charge in [0.15, 0.2) is 0 Å². The smallest absolute Gasteiger partial charge is 0.372 e.